The van der Waals surface area contributed by atoms with E-state index in [0.29, 0.717) is 28.2 Å². The van der Waals surface area contributed by atoms with E-state index in [2.05, 4.69) is 20.5 Å². The molecule has 8 nitrogen and oxygen atoms in total. The quantitative estimate of drug-likeness (QED) is 0.727. The summed E-state index contributed by atoms with van der Waals surface area (Å²) in [5, 5.41) is 12.1. The number of rotatable bonds is 5. The fourth-order valence-corrected chi connectivity index (χ4v) is 3.59. The maximum absolute atomic E-state index is 12.9. The predicted octanol–water partition coefficient (Wildman–Crippen LogP) is 2.53. The predicted molar refractivity (Wildman–Crippen MR) is 101 cm³/mol. The molecule has 1 aliphatic rings. The van der Waals surface area contributed by atoms with Gasteiger partial charge in [-0.1, -0.05) is 11.3 Å². The first-order valence-corrected chi connectivity index (χ1v) is 9.26. The summed E-state index contributed by atoms with van der Waals surface area (Å²) >= 11 is 1.36. The van der Waals surface area contributed by atoms with Crippen LogP contribution in [0.15, 0.2) is 35.4 Å². The lowest BCUT2D eigenvalue weighted by Gasteiger charge is -2.10. The van der Waals surface area contributed by atoms with Crippen LogP contribution in [0.1, 0.15) is 39.7 Å². The third kappa shape index (κ3) is 3.45. The third-order valence-electron chi connectivity index (χ3n) is 4.32. The van der Waals surface area contributed by atoms with E-state index < -0.39 is 11.5 Å². The first-order chi connectivity index (χ1) is 13.1. The number of anilines is 1. The van der Waals surface area contributed by atoms with Crippen molar-refractivity contribution in [3.8, 4) is 11.6 Å². The minimum Gasteiger partial charge on any atom is -0.481 e. The van der Waals surface area contributed by atoms with Crippen LogP contribution in [0.2, 0.25) is 0 Å². The van der Waals surface area contributed by atoms with Crippen LogP contribution in [0, 0.1) is 6.92 Å². The standard InChI is InChI=1S/C18H17N5O3S/c1-10-7-8-23(12-5-6-13(26-2)19-9-12)17(25)14(10)15(24)20-18-22-21-16(27-18)11-3-4-11/h5-9,11H,3-4H2,1-2H3,(H,20,22,24). The topological polar surface area (TPSA) is 99.0 Å². The molecule has 3 aromatic heterocycles. The van der Waals surface area contributed by atoms with Gasteiger partial charge in [-0.15, -0.1) is 10.2 Å². The van der Waals surface area contributed by atoms with E-state index in [0.717, 1.165) is 17.8 Å². The Balaban J connectivity index is 1.64. The summed E-state index contributed by atoms with van der Waals surface area (Å²) in [6, 6.07) is 5.08. The van der Waals surface area contributed by atoms with E-state index in [1.807, 2.05) is 0 Å². The number of carbonyl (C=O) groups excluding carboxylic acids is 1. The molecule has 1 fully saturated rings. The Morgan fingerprint density at radius 2 is 2.11 bits per heavy atom. The van der Waals surface area contributed by atoms with Crippen molar-refractivity contribution in [2.45, 2.75) is 25.7 Å². The Hall–Kier alpha value is -3.07. The Morgan fingerprint density at radius 1 is 1.30 bits per heavy atom. The van der Waals surface area contributed by atoms with Crippen molar-refractivity contribution in [2.75, 3.05) is 12.4 Å². The minimum absolute atomic E-state index is 0.0662. The number of nitrogens with one attached hydrogen (secondary N) is 1. The number of aromatic nitrogens is 4. The molecule has 1 aliphatic carbocycles. The molecule has 0 aromatic carbocycles. The number of nitrogens with zero attached hydrogens (tertiary/aromatic N) is 4. The Kier molecular flexibility index (Phi) is 4.44. The number of pyridine rings is 2. The largest absolute Gasteiger partial charge is 0.481 e. The van der Waals surface area contributed by atoms with Gasteiger partial charge in [0.05, 0.1) is 19.0 Å². The molecule has 0 spiro atoms. The Morgan fingerprint density at radius 3 is 2.78 bits per heavy atom. The SMILES string of the molecule is COc1ccc(-n2ccc(C)c(C(=O)Nc3nnc(C4CC4)s3)c2=O)cn1. The number of methoxy groups -OCH3 is 1. The number of aryl methyl sites for hydroxylation is 1. The second-order valence-electron chi connectivity index (χ2n) is 6.28. The van der Waals surface area contributed by atoms with E-state index in [9.17, 15) is 9.59 Å². The molecular formula is C18H17N5O3S. The molecule has 0 atom stereocenters. The van der Waals surface area contributed by atoms with Crippen molar-refractivity contribution in [3.63, 3.8) is 0 Å². The summed E-state index contributed by atoms with van der Waals surface area (Å²) in [5.74, 6) is 0.415. The van der Waals surface area contributed by atoms with Crippen molar-refractivity contribution in [1.82, 2.24) is 19.7 Å². The zero-order chi connectivity index (χ0) is 19.0. The molecule has 1 saturated carbocycles. The average Bonchev–Trinajstić information content (AvgIpc) is 3.42. The van der Waals surface area contributed by atoms with Gasteiger partial charge in [0, 0.05) is 18.2 Å². The van der Waals surface area contributed by atoms with Crippen molar-refractivity contribution in [2.24, 2.45) is 0 Å². The molecule has 0 bridgehead atoms. The zero-order valence-electron chi connectivity index (χ0n) is 14.8. The van der Waals surface area contributed by atoms with Crippen LogP contribution in [0.25, 0.3) is 5.69 Å². The highest BCUT2D eigenvalue weighted by Crippen LogP contribution is 2.42. The first-order valence-electron chi connectivity index (χ1n) is 8.44. The normalized spacial score (nSPS) is 13.4. The van der Waals surface area contributed by atoms with Gasteiger partial charge in [0.2, 0.25) is 11.0 Å². The second kappa shape index (κ2) is 6.92. The van der Waals surface area contributed by atoms with E-state index in [1.54, 1.807) is 31.3 Å². The fourth-order valence-electron chi connectivity index (χ4n) is 2.68. The van der Waals surface area contributed by atoms with E-state index in [1.165, 1.54) is 29.2 Å². The summed E-state index contributed by atoms with van der Waals surface area (Å²) in [4.78, 5) is 29.7. The second-order valence-corrected chi connectivity index (χ2v) is 7.29. The monoisotopic (exact) mass is 383 g/mol. The molecule has 27 heavy (non-hydrogen) atoms. The Labute approximate surface area is 158 Å². The van der Waals surface area contributed by atoms with Crippen LogP contribution in [0.3, 0.4) is 0 Å². The van der Waals surface area contributed by atoms with Crippen molar-refractivity contribution in [1.29, 1.82) is 0 Å². The average molecular weight is 383 g/mol. The van der Waals surface area contributed by atoms with Crippen molar-refractivity contribution >= 4 is 22.4 Å². The summed E-state index contributed by atoms with van der Waals surface area (Å²) in [6.45, 7) is 1.72. The van der Waals surface area contributed by atoms with Crippen molar-refractivity contribution in [3.05, 3.63) is 57.1 Å². The van der Waals surface area contributed by atoms with Crippen LogP contribution >= 0.6 is 11.3 Å². The molecule has 1 N–H and O–H groups in total. The lowest BCUT2D eigenvalue weighted by atomic mass is 10.1. The van der Waals surface area contributed by atoms with Gasteiger partial charge in [0.25, 0.3) is 11.5 Å². The maximum atomic E-state index is 12.9. The number of amides is 1. The fraction of sp³-hybridized carbons (Fsp3) is 0.278. The van der Waals surface area contributed by atoms with Gasteiger partial charge in [-0.3, -0.25) is 19.5 Å². The molecule has 0 radical (unpaired) electrons. The van der Waals surface area contributed by atoms with Gasteiger partial charge in [-0.05, 0) is 37.5 Å². The van der Waals surface area contributed by atoms with Crippen molar-refractivity contribution < 1.29 is 9.53 Å². The highest BCUT2D eigenvalue weighted by Gasteiger charge is 2.28. The molecule has 0 saturated heterocycles. The highest BCUT2D eigenvalue weighted by atomic mass is 32.1. The molecule has 0 unspecified atom stereocenters. The molecule has 9 heteroatoms. The maximum Gasteiger partial charge on any atom is 0.268 e. The summed E-state index contributed by atoms with van der Waals surface area (Å²) in [7, 11) is 1.52. The van der Waals surface area contributed by atoms with E-state index in [-0.39, 0.29) is 5.56 Å². The lowest BCUT2D eigenvalue weighted by Crippen LogP contribution is -2.29. The van der Waals surface area contributed by atoms with Crippen LogP contribution in [-0.2, 0) is 0 Å². The summed E-state index contributed by atoms with van der Waals surface area (Å²) in [6.07, 6.45) is 5.36. The molecule has 0 aliphatic heterocycles. The zero-order valence-corrected chi connectivity index (χ0v) is 15.6. The van der Waals surface area contributed by atoms with Gasteiger partial charge in [0.1, 0.15) is 10.6 Å². The molecule has 3 heterocycles. The lowest BCUT2D eigenvalue weighted by molar-refractivity contribution is 0.102. The molecule has 3 aromatic rings. The van der Waals surface area contributed by atoms with Crippen LogP contribution in [0.4, 0.5) is 5.13 Å². The van der Waals surface area contributed by atoms with Crippen LogP contribution < -0.4 is 15.6 Å². The third-order valence-corrected chi connectivity index (χ3v) is 5.32. The Bertz CT molecular complexity index is 1050. The summed E-state index contributed by atoms with van der Waals surface area (Å²) < 4.78 is 6.41. The highest BCUT2D eigenvalue weighted by molar-refractivity contribution is 7.15. The number of hydrogen-bond donors (Lipinski definition) is 1. The van der Waals surface area contributed by atoms with Crippen LogP contribution in [0.5, 0.6) is 5.88 Å². The van der Waals surface area contributed by atoms with E-state index in [4.69, 9.17) is 4.74 Å². The smallest absolute Gasteiger partial charge is 0.268 e. The minimum atomic E-state index is -0.494. The van der Waals surface area contributed by atoms with Crippen LogP contribution in [-0.4, -0.2) is 32.8 Å². The van der Waals surface area contributed by atoms with E-state index >= 15 is 0 Å². The van der Waals surface area contributed by atoms with Gasteiger partial charge in [-0.25, -0.2) is 4.98 Å². The molecule has 138 valence electrons. The van der Waals surface area contributed by atoms with Gasteiger partial charge >= 0.3 is 0 Å². The molecular weight excluding hydrogens is 366 g/mol. The first kappa shape index (κ1) is 17.3. The van der Waals surface area contributed by atoms with Gasteiger partial charge < -0.3 is 4.74 Å². The number of ether oxygens (including phenoxy) is 1. The molecule has 1 amide bonds. The summed E-state index contributed by atoms with van der Waals surface area (Å²) in [5.41, 5.74) is 0.770. The molecule has 4 rings (SSSR count). The van der Waals surface area contributed by atoms with Gasteiger partial charge in [0.15, 0.2) is 0 Å². The number of carbonyl (C=O) groups is 1. The number of hydrogen-bond acceptors (Lipinski definition) is 7. The van der Waals surface area contributed by atoms with Gasteiger partial charge in [-0.2, -0.15) is 0 Å².